The van der Waals surface area contributed by atoms with Crippen molar-refractivity contribution < 1.29 is 14.6 Å². The zero-order valence-electron chi connectivity index (χ0n) is 11.5. The fourth-order valence-electron chi connectivity index (χ4n) is 1.86. The van der Waals surface area contributed by atoms with Gasteiger partial charge in [0.05, 0.1) is 7.11 Å². The molecule has 4 nitrogen and oxygen atoms in total. The van der Waals surface area contributed by atoms with Gasteiger partial charge in [-0.2, -0.15) is 0 Å². The zero-order valence-corrected chi connectivity index (χ0v) is 12.3. The fraction of sp³-hybridized carbons (Fsp3) is 0.267. The lowest BCUT2D eigenvalue weighted by atomic mass is 10.2. The smallest absolute Gasteiger partial charge is 0.345 e. The summed E-state index contributed by atoms with van der Waals surface area (Å²) in [6.07, 6.45) is 0. The van der Waals surface area contributed by atoms with E-state index < -0.39 is 5.97 Å². The summed E-state index contributed by atoms with van der Waals surface area (Å²) in [5.41, 5.74) is 2.19. The maximum atomic E-state index is 10.9. The number of hydrogen-bond acceptors (Lipinski definition) is 4. The van der Waals surface area contributed by atoms with E-state index in [-0.39, 0.29) is 0 Å². The molecule has 0 radical (unpaired) electrons. The lowest BCUT2D eigenvalue weighted by Crippen LogP contribution is -2.12. The highest BCUT2D eigenvalue weighted by Gasteiger charge is 2.10. The average molecular weight is 291 g/mol. The molecule has 0 aliphatic heterocycles. The number of nitrogens with one attached hydrogen (secondary N) is 1. The first kappa shape index (κ1) is 14.6. The molecular weight excluding hydrogens is 274 g/mol. The first-order chi connectivity index (χ1) is 9.60. The van der Waals surface area contributed by atoms with Gasteiger partial charge in [-0.05, 0) is 36.2 Å². The molecule has 1 aromatic heterocycles. The van der Waals surface area contributed by atoms with Crippen LogP contribution in [0.3, 0.4) is 0 Å². The quantitative estimate of drug-likeness (QED) is 0.859. The number of methoxy groups -OCH3 is 1. The number of carboxylic acids is 1. The van der Waals surface area contributed by atoms with Crippen LogP contribution >= 0.6 is 11.3 Å². The van der Waals surface area contributed by atoms with Crippen LogP contribution in [0.25, 0.3) is 0 Å². The lowest BCUT2D eigenvalue weighted by molar-refractivity contribution is 0.0702. The number of carbonyl (C=O) groups is 1. The number of ether oxygens (including phenoxy) is 1. The van der Waals surface area contributed by atoms with E-state index in [9.17, 15) is 4.79 Å². The molecule has 0 fully saturated rings. The molecule has 0 saturated heterocycles. The summed E-state index contributed by atoms with van der Waals surface area (Å²) in [5.74, 6) is -0.0199. The van der Waals surface area contributed by atoms with E-state index in [1.165, 1.54) is 16.9 Å². The number of hydrogen-bond donors (Lipinski definition) is 2. The molecule has 0 aliphatic rings. The Kier molecular flexibility index (Phi) is 4.76. The summed E-state index contributed by atoms with van der Waals surface area (Å²) in [5, 5.41) is 12.3. The molecule has 2 N–H and O–H groups in total. The van der Waals surface area contributed by atoms with Crippen molar-refractivity contribution in [3.05, 3.63) is 51.2 Å². The van der Waals surface area contributed by atoms with Crippen LogP contribution in [0, 0.1) is 6.92 Å². The molecule has 0 unspecified atom stereocenters. The van der Waals surface area contributed by atoms with Gasteiger partial charge in [-0.3, -0.25) is 0 Å². The fourth-order valence-corrected chi connectivity index (χ4v) is 2.85. The third kappa shape index (κ3) is 3.59. The average Bonchev–Trinajstić information content (AvgIpc) is 2.81. The molecule has 1 aromatic carbocycles. The molecule has 1 heterocycles. The summed E-state index contributed by atoms with van der Waals surface area (Å²) in [6.45, 7) is 3.35. The Hall–Kier alpha value is -1.85. The van der Waals surface area contributed by atoms with Crippen LogP contribution in [-0.4, -0.2) is 18.2 Å². The standard InChI is InChI=1S/C15H17NO3S/c1-10-7-13(15(17)18)20-14(10)9-16-8-11-3-5-12(19-2)6-4-11/h3-7,16H,8-9H2,1-2H3,(H,17,18). The molecule has 0 spiro atoms. The van der Waals surface area contributed by atoms with Gasteiger partial charge < -0.3 is 15.2 Å². The summed E-state index contributed by atoms with van der Waals surface area (Å²) < 4.78 is 5.11. The van der Waals surface area contributed by atoms with E-state index in [2.05, 4.69) is 5.32 Å². The first-order valence-electron chi connectivity index (χ1n) is 6.26. The van der Waals surface area contributed by atoms with Crippen molar-refractivity contribution in [1.29, 1.82) is 0 Å². The number of rotatable bonds is 6. The van der Waals surface area contributed by atoms with Crippen molar-refractivity contribution in [3.8, 4) is 5.75 Å². The van der Waals surface area contributed by atoms with Crippen LogP contribution in [0.15, 0.2) is 30.3 Å². The summed E-state index contributed by atoms with van der Waals surface area (Å²) >= 11 is 1.33. The van der Waals surface area contributed by atoms with Gasteiger partial charge in [0, 0.05) is 18.0 Å². The maximum Gasteiger partial charge on any atom is 0.345 e. The van der Waals surface area contributed by atoms with Crippen molar-refractivity contribution in [2.75, 3.05) is 7.11 Å². The predicted octanol–water partition coefficient (Wildman–Crippen LogP) is 3.05. The van der Waals surface area contributed by atoms with E-state index in [1.54, 1.807) is 13.2 Å². The third-order valence-electron chi connectivity index (χ3n) is 3.01. The zero-order chi connectivity index (χ0) is 14.5. The van der Waals surface area contributed by atoms with E-state index in [1.807, 2.05) is 31.2 Å². The van der Waals surface area contributed by atoms with E-state index >= 15 is 0 Å². The van der Waals surface area contributed by atoms with Gasteiger partial charge in [0.25, 0.3) is 0 Å². The molecule has 2 rings (SSSR count). The molecule has 0 saturated carbocycles. The van der Waals surface area contributed by atoms with Crippen molar-refractivity contribution in [2.24, 2.45) is 0 Å². The number of aryl methyl sites for hydroxylation is 1. The Morgan fingerprint density at radius 2 is 2.00 bits per heavy atom. The first-order valence-corrected chi connectivity index (χ1v) is 7.08. The largest absolute Gasteiger partial charge is 0.497 e. The molecular formula is C15H17NO3S. The van der Waals surface area contributed by atoms with Gasteiger partial charge in [-0.1, -0.05) is 12.1 Å². The van der Waals surface area contributed by atoms with Gasteiger partial charge >= 0.3 is 5.97 Å². The number of thiophene rings is 1. The van der Waals surface area contributed by atoms with E-state index in [0.29, 0.717) is 11.4 Å². The highest BCUT2D eigenvalue weighted by molar-refractivity contribution is 7.14. The second-order valence-corrected chi connectivity index (χ2v) is 5.61. The van der Waals surface area contributed by atoms with E-state index in [0.717, 1.165) is 22.7 Å². The lowest BCUT2D eigenvalue weighted by Gasteiger charge is -2.05. The SMILES string of the molecule is COc1ccc(CNCc2sc(C(=O)O)cc2C)cc1. The summed E-state index contributed by atoms with van der Waals surface area (Å²) in [7, 11) is 1.65. The highest BCUT2D eigenvalue weighted by atomic mass is 32.1. The second-order valence-electron chi connectivity index (χ2n) is 4.47. The molecule has 5 heteroatoms. The van der Waals surface area contributed by atoms with Gasteiger partial charge in [0.1, 0.15) is 10.6 Å². The Bertz CT molecular complexity index is 590. The van der Waals surface area contributed by atoms with Crippen molar-refractivity contribution in [2.45, 2.75) is 20.0 Å². The Morgan fingerprint density at radius 1 is 1.30 bits per heavy atom. The van der Waals surface area contributed by atoms with Crippen molar-refractivity contribution in [1.82, 2.24) is 5.32 Å². The van der Waals surface area contributed by atoms with Crippen molar-refractivity contribution in [3.63, 3.8) is 0 Å². The molecule has 0 amide bonds. The van der Waals surface area contributed by atoms with Crippen molar-refractivity contribution >= 4 is 17.3 Å². The van der Waals surface area contributed by atoms with Crippen LogP contribution in [0.4, 0.5) is 0 Å². The highest BCUT2D eigenvalue weighted by Crippen LogP contribution is 2.21. The Labute approximate surface area is 122 Å². The van der Waals surface area contributed by atoms with Gasteiger partial charge in [0.2, 0.25) is 0 Å². The molecule has 0 atom stereocenters. The monoisotopic (exact) mass is 291 g/mol. The summed E-state index contributed by atoms with van der Waals surface area (Å²) in [6, 6.07) is 9.59. The van der Waals surface area contributed by atoms with Gasteiger partial charge in [-0.25, -0.2) is 4.79 Å². The number of aromatic carboxylic acids is 1. The minimum atomic E-state index is -0.862. The Balaban J connectivity index is 1.90. The van der Waals surface area contributed by atoms with Crippen LogP contribution in [0.5, 0.6) is 5.75 Å². The van der Waals surface area contributed by atoms with E-state index in [4.69, 9.17) is 9.84 Å². The normalized spacial score (nSPS) is 10.5. The minimum Gasteiger partial charge on any atom is -0.497 e. The predicted molar refractivity (Wildman–Crippen MR) is 79.6 cm³/mol. The third-order valence-corrected chi connectivity index (χ3v) is 4.23. The topological polar surface area (TPSA) is 58.6 Å². The van der Waals surface area contributed by atoms with Gasteiger partial charge in [0.15, 0.2) is 0 Å². The molecule has 106 valence electrons. The minimum absolute atomic E-state index is 0.392. The molecule has 20 heavy (non-hydrogen) atoms. The molecule has 0 bridgehead atoms. The molecule has 0 aliphatic carbocycles. The number of carboxylic acid groups (broad SMARTS) is 1. The van der Waals surface area contributed by atoms with Crippen LogP contribution < -0.4 is 10.1 Å². The molecule has 2 aromatic rings. The van der Waals surface area contributed by atoms with Gasteiger partial charge in [-0.15, -0.1) is 11.3 Å². The maximum absolute atomic E-state index is 10.9. The van der Waals surface area contributed by atoms with Crippen LogP contribution in [0.1, 0.15) is 25.7 Å². The number of benzene rings is 1. The Morgan fingerprint density at radius 3 is 2.55 bits per heavy atom. The summed E-state index contributed by atoms with van der Waals surface area (Å²) in [4.78, 5) is 12.4. The van der Waals surface area contributed by atoms with Crippen LogP contribution in [-0.2, 0) is 13.1 Å². The second kappa shape index (κ2) is 6.54. The van der Waals surface area contributed by atoms with Crippen LogP contribution in [0.2, 0.25) is 0 Å².